The van der Waals surface area contributed by atoms with E-state index in [2.05, 4.69) is 39.9 Å². The van der Waals surface area contributed by atoms with Gasteiger partial charge in [0.05, 0.1) is 0 Å². The molecule has 2 rings (SSSR count). The van der Waals surface area contributed by atoms with Gasteiger partial charge in [-0.1, -0.05) is 41.0 Å². The minimum absolute atomic E-state index is 0.113. The molecular formula is C18H34N2O. The summed E-state index contributed by atoms with van der Waals surface area (Å²) < 4.78 is 0. The summed E-state index contributed by atoms with van der Waals surface area (Å²) in [5.41, 5.74) is 6.77. The maximum Gasteiger partial charge on any atom is 0.223 e. The highest BCUT2D eigenvalue weighted by atomic mass is 16.2. The van der Waals surface area contributed by atoms with Gasteiger partial charge in [-0.3, -0.25) is 4.79 Å². The van der Waals surface area contributed by atoms with Gasteiger partial charge in [0.2, 0.25) is 5.91 Å². The maximum atomic E-state index is 12.7. The van der Waals surface area contributed by atoms with Crippen LogP contribution in [0.25, 0.3) is 0 Å². The lowest BCUT2D eigenvalue weighted by molar-refractivity contribution is -0.129. The molecule has 0 bridgehead atoms. The van der Waals surface area contributed by atoms with E-state index in [1.54, 1.807) is 0 Å². The van der Waals surface area contributed by atoms with Crippen LogP contribution in [0.1, 0.15) is 73.1 Å². The Balaban J connectivity index is 1.99. The predicted molar refractivity (Wildman–Crippen MR) is 87.8 cm³/mol. The number of hydrogen-bond acceptors (Lipinski definition) is 2. The first-order valence-corrected chi connectivity index (χ1v) is 8.66. The van der Waals surface area contributed by atoms with Crippen LogP contribution in [0.15, 0.2) is 0 Å². The van der Waals surface area contributed by atoms with Crippen LogP contribution in [0, 0.1) is 22.7 Å². The van der Waals surface area contributed by atoms with Crippen LogP contribution in [-0.2, 0) is 4.79 Å². The van der Waals surface area contributed by atoms with Gasteiger partial charge in [-0.25, -0.2) is 0 Å². The highest BCUT2D eigenvalue weighted by Gasteiger charge is 2.40. The smallest absolute Gasteiger partial charge is 0.223 e. The summed E-state index contributed by atoms with van der Waals surface area (Å²) in [4.78, 5) is 12.7. The van der Waals surface area contributed by atoms with Crippen LogP contribution in [-0.4, -0.2) is 18.0 Å². The van der Waals surface area contributed by atoms with Crippen LogP contribution in [0.4, 0.5) is 0 Å². The fourth-order valence-corrected chi connectivity index (χ4v) is 5.02. The molecule has 2 saturated carbocycles. The molecular weight excluding hydrogens is 260 g/mol. The van der Waals surface area contributed by atoms with Crippen molar-refractivity contribution in [2.45, 2.75) is 85.2 Å². The topological polar surface area (TPSA) is 55.1 Å². The van der Waals surface area contributed by atoms with Gasteiger partial charge >= 0.3 is 0 Å². The zero-order chi connectivity index (χ0) is 15.8. The molecule has 0 spiro atoms. The number of nitrogens with one attached hydrogen (secondary N) is 1. The molecule has 3 heteroatoms. The molecule has 1 amide bonds. The molecule has 0 aromatic rings. The lowest BCUT2D eigenvalue weighted by atomic mass is 9.63. The Bertz CT molecular complexity index is 373. The van der Waals surface area contributed by atoms with Crippen molar-refractivity contribution in [1.29, 1.82) is 0 Å². The average Bonchev–Trinajstić information content (AvgIpc) is 2.28. The van der Waals surface area contributed by atoms with Crippen molar-refractivity contribution in [2.75, 3.05) is 0 Å². The number of nitrogens with two attached hydrogens (primary N) is 1. The van der Waals surface area contributed by atoms with Gasteiger partial charge < -0.3 is 11.1 Å². The fourth-order valence-electron chi connectivity index (χ4n) is 5.02. The molecule has 0 aliphatic heterocycles. The summed E-state index contributed by atoms with van der Waals surface area (Å²) in [6.07, 6.45) is 6.57. The van der Waals surface area contributed by atoms with Crippen LogP contribution in [0.5, 0.6) is 0 Å². The number of rotatable bonds is 2. The normalized spacial score (nSPS) is 36.2. The van der Waals surface area contributed by atoms with E-state index in [0.717, 1.165) is 32.1 Å². The summed E-state index contributed by atoms with van der Waals surface area (Å²) in [5.74, 6) is 0.668. The number of carbonyl (C=O) groups is 1. The van der Waals surface area contributed by atoms with Gasteiger partial charge in [-0.15, -0.1) is 0 Å². The molecule has 0 aromatic heterocycles. The fraction of sp³-hybridized carbons (Fsp3) is 0.944. The summed E-state index contributed by atoms with van der Waals surface area (Å²) in [6.45, 7) is 11.4. The van der Waals surface area contributed by atoms with E-state index >= 15 is 0 Å². The minimum Gasteiger partial charge on any atom is -0.353 e. The van der Waals surface area contributed by atoms with Crippen molar-refractivity contribution >= 4 is 5.91 Å². The Morgan fingerprint density at radius 3 is 2.24 bits per heavy atom. The van der Waals surface area contributed by atoms with Crippen molar-refractivity contribution in [2.24, 2.45) is 28.4 Å². The van der Waals surface area contributed by atoms with E-state index in [-0.39, 0.29) is 17.9 Å². The Morgan fingerprint density at radius 1 is 1.10 bits per heavy atom. The van der Waals surface area contributed by atoms with Crippen molar-refractivity contribution in [3.05, 3.63) is 0 Å². The lowest BCUT2D eigenvalue weighted by Gasteiger charge is -2.45. The van der Waals surface area contributed by atoms with Gasteiger partial charge in [-0.2, -0.15) is 0 Å². The van der Waals surface area contributed by atoms with E-state index in [9.17, 15) is 4.79 Å². The number of carbonyl (C=O) groups excluding carboxylic acids is 1. The van der Waals surface area contributed by atoms with Gasteiger partial charge in [-0.05, 0) is 48.9 Å². The standard InChI is InChI=1S/C18H34N2O/c1-12-14(7-6-8-15(12)19)16(21)20-13-9-17(2,3)11-18(4,5)10-13/h12-15H,6-11,19H2,1-5H3,(H,20,21). The maximum absolute atomic E-state index is 12.7. The van der Waals surface area contributed by atoms with E-state index in [1.807, 2.05) is 0 Å². The van der Waals surface area contributed by atoms with Crippen LogP contribution >= 0.6 is 0 Å². The summed E-state index contributed by atoms with van der Waals surface area (Å²) in [6, 6.07) is 0.510. The van der Waals surface area contributed by atoms with E-state index in [1.165, 1.54) is 6.42 Å². The molecule has 2 aliphatic rings. The third kappa shape index (κ3) is 4.21. The van der Waals surface area contributed by atoms with E-state index in [0.29, 0.717) is 22.8 Å². The summed E-state index contributed by atoms with van der Waals surface area (Å²) in [5, 5.41) is 3.36. The van der Waals surface area contributed by atoms with E-state index in [4.69, 9.17) is 5.73 Å². The molecule has 3 nitrogen and oxygen atoms in total. The Kier molecular flexibility index (Phi) is 4.72. The molecule has 2 fully saturated rings. The summed E-state index contributed by atoms with van der Waals surface area (Å²) >= 11 is 0. The van der Waals surface area contributed by atoms with Crippen LogP contribution in [0.3, 0.4) is 0 Å². The molecule has 0 saturated heterocycles. The van der Waals surface area contributed by atoms with Crippen molar-refractivity contribution in [3.8, 4) is 0 Å². The average molecular weight is 294 g/mol. The molecule has 0 heterocycles. The van der Waals surface area contributed by atoms with Gasteiger partial charge in [0.15, 0.2) is 0 Å². The first kappa shape index (κ1) is 16.8. The quantitative estimate of drug-likeness (QED) is 0.819. The molecule has 21 heavy (non-hydrogen) atoms. The third-order valence-electron chi connectivity index (χ3n) is 5.60. The SMILES string of the molecule is CC1C(N)CCCC1C(=O)NC1CC(C)(C)CC(C)(C)C1. The van der Waals surface area contributed by atoms with Crippen LogP contribution in [0.2, 0.25) is 0 Å². The Hall–Kier alpha value is -0.570. The molecule has 3 unspecified atom stereocenters. The second-order valence-electron chi connectivity index (χ2n) is 9.18. The molecule has 3 atom stereocenters. The van der Waals surface area contributed by atoms with Gasteiger partial charge in [0.1, 0.15) is 0 Å². The largest absolute Gasteiger partial charge is 0.353 e. The second-order valence-corrected chi connectivity index (χ2v) is 9.18. The minimum atomic E-state index is 0.113. The Labute approximate surface area is 130 Å². The molecule has 0 radical (unpaired) electrons. The van der Waals surface area contributed by atoms with Crippen molar-refractivity contribution in [1.82, 2.24) is 5.32 Å². The monoisotopic (exact) mass is 294 g/mol. The predicted octanol–water partition coefficient (Wildman–Crippen LogP) is 3.47. The first-order valence-electron chi connectivity index (χ1n) is 8.66. The van der Waals surface area contributed by atoms with Gasteiger partial charge in [0, 0.05) is 18.0 Å². The zero-order valence-corrected chi connectivity index (χ0v) is 14.5. The summed E-state index contributed by atoms with van der Waals surface area (Å²) in [7, 11) is 0. The second kappa shape index (κ2) is 5.91. The molecule has 3 N–H and O–H groups in total. The van der Waals surface area contributed by atoms with Crippen LogP contribution < -0.4 is 11.1 Å². The third-order valence-corrected chi connectivity index (χ3v) is 5.60. The van der Waals surface area contributed by atoms with E-state index < -0.39 is 0 Å². The molecule has 122 valence electrons. The van der Waals surface area contributed by atoms with Crippen molar-refractivity contribution < 1.29 is 4.79 Å². The lowest BCUT2D eigenvalue weighted by Crippen LogP contribution is -2.50. The number of amides is 1. The zero-order valence-electron chi connectivity index (χ0n) is 14.5. The Morgan fingerprint density at radius 2 is 1.67 bits per heavy atom. The van der Waals surface area contributed by atoms with Gasteiger partial charge in [0.25, 0.3) is 0 Å². The molecule has 0 aromatic carbocycles. The van der Waals surface area contributed by atoms with Crippen molar-refractivity contribution in [3.63, 3.8) is 0 Å². The number of hydrogen-bond donors (Lipinski definition) is 2. The molecule has 2 aliphatic carbocycles. The highest BCUT2D eigenvalue weighted by molar-refractivity contribution is 5.79. The highest BCUT2D eigenvalue weighted by Crippen LogP contribution is 2.45. The first-order chi connectivity index (χ1) is 9.60.